The molecule has 0 bridgehead atoms. The van der Waals surface area contributed by atoms with Gasteiger partial charge in [0.15, 0.2) is 5.69 Å². The molecule has 0 aliphatic carbocycles. The number of amides is 1. The summed E-state index contributed by atoms with van der Waals surface area (Å²) in [7, 11) is 0. The van der Waals surface area contributed by atoms with Crippen molar-refractivity contribution in [1.29, 1.82) is 0 Å². The molecule has 2 heterocycles. The molecule has 2 rings (SSSR count). The lowest BCUT2D eigenvalue weighted by atomic mass is 10.2. The molecule has 112 valence electrons. The number of aryl methyl sites for hydroxylation is 1. The van der Waals surface area contributed by atoms with Crippen LogP contribution >= 0.6 is 0 Å². The van der Waals surface area contributed by atoms with Gasteiger partial charge in [0, 0.05) is 18.9 Å². The van der Waals surface area contributed by atoms with Crippen LogP contribution in [0, 0.1) is 0 Å². The molecule has 0 unspecified atom stereocenters. The molecular formula is C13H19N7O. The van der Waals surface area contributed by atoms with E-state index < -0.39 is 0 Å². The fraction of sp³-hybridized carbons (Fsp3) is 0.462. The van der Waals surface area contributed by atoms with Gasteiger partial charge in [-0.15, -0.1) is 0 Å². The van der Waals surface area contributed by atoms with Crippen LogP contribution in [0.4, 0.5) is 5.69 Å². The maximum atomic E-state index is 12.1. The Morgan fingerprint density at radius 1 is 1.43 bits per heavy atom. The average molecular weight is 289 g/mol. The predicted molar refractivity (Wildman–Crippen MR) is 77.6 cm³/mol. The van der Waals surface area contributed by atoms with Gasteiger partial charge in [0.25, 0.3) is 5.91 Å². The van der Waals surface area contributed by atoms with Gasteiger partial charge in [-0.3, -0.25) is 9.89 Å². The first-order valence-corrected chi connectivity index (χ1v) is 6.82. The Bertz CT molecular complexity index is 595. The second-order valence-electron chi connectivity index (χ2n) is 4.98. The molecule has 21 heavy (non-hydrogen) atoms. The second-order valence-corrected chi connectivity index (χ2v) is 4.98. The smallest absolute Gasteiger partial charge is 0.272 e. The van der Waals surface area contributed by atoms with Gasteiger partial charge >= 0.3 is 0 Å². The van der Waals surface area contributed by atoms with Gasteiger partial charge < -0.3 is 11.1 Å². The van der Waals surface area contributed by atoms with Crippen LogP contribution in [0.15, 0.2) is 12.5 Å². The highest BCUT2D eigenvalue weighted by atomic mass is 16.1. The van der Waals surface area contributed by atoms with E-state index in [4.69, 9.17) is 5.73 Å². The molecule has 2 aromatic rings. The molecule has 8 heteroatoms. The van der Waals surface area contributed by atoms with Crippen molar-refractivity contribution in [3.05, 3.63) is 29.9 Å². The molecule has 4 N–H and O–H groups in total. The Kier molecular flexibility index (Phi) is 4.81. The second kappa shape index (κ2) is 6.78. The number of rotatable bonds is 6. The van der Waals surface area contributed by atoms with Crippen LogP contribution in [0.25, 0.3) is 0 Å². The highest BCUT2D eigenvalue weighted by Gasteiger charge is 2.14. The number of nitrogens with two attached hydrogens (primary N) is 1. The first-order valence-electron chi connectivity index (χ1n) is 6.82. The van der Waals surface area contributed by atoms with Crippen LogP contribution in [0.5, 0.6) is 0 Å². The van der Waals surface area contributed by atoms with Crippen molar-refractivity contribution in [3.63, 3.8) is 0 Å². The van der Waals surface area contributed by atoms with Gasteiger partial charge in [-0.1, -0.05) is 13.8 Å². The maximum Gasteiger partial charge on any atom is 0.272 e. The highest BCUT2D eigenvalue weighted by molar-refractivity contribution is 5.96. The summed E-state index contributed by atoms with van der Waals surface area (Å²) in [6.45, 7) is 4.44. The minimum atomic E-state index is -0.283. The normalized spacial score (nSPS) is 10.8. The van der Waals surface area contributed by atoms with E-state index in [9.17, 15) is 4.79 Å². The van der Waals surface area contributed by atoms with Crippen LogP contribution in [0.3, 0.4) is 0 Å². The number of carbonyl (C=O) groups excluding carboxylic acids is 1. The molecule has 2 aromatic heterocycles. The van der Waals surface area contributed by atoms with E-state index in [1.54, 1.807) is 0 Å². The SMILES string of the molecule is CC(C)c1ncc(N)c(C(=O)NCCCc2ncn[nH]2)n1. The zero-order chi connectivity index (χ0) is 15.2. The van der Waals surface area contributed by atoms with Gasteiger partial charge in [0.1, 0.15) is 18.0 Å². The number of nitrogens with zero attached hydrogens (tertiary/aromatic N) is 4. The summed E-state index contributed by atoms with van der Waals surface area (Å²) >= 11 is 0. The highest BCUT2D eigenvalue weighted by Crippen LogP contribution is 2.13. The zero-order valence-electron chi connectivity index (χ0n) is 12.1. The number of nitrogen functional groups attached to an aromatic ring is 1. The van der Waals surface area contributed by atoms with Crippen LogP contribution in [0.1, 0.15) is 48.3 Å². The van der Waals surface area contributed by atoms with Crippen molar-refractivity contribution in [1.82, 2.24) is 30.5 Å². The van der Waals surface area contributed by atoms with Crippen molar-refractivity contribution in [2.75, 3.05) is 12.3 Å². The van der Waals surface area contributed by atoms with Gasteiger partial charge in [-0.05, 0) is 6.42 Å². The maximum absolute atomic E-state index is 12.1. The summed E-state index contributed by atoms with van der Waals surface area (Å²) in [5.74, 6) is 1.27. The Balaban J connectivity index is 1.89. The molecule has 0 fully saturated rings. The molecule has 0 saturated carbocycles. The fourth-order valence-electron chi connectivity index (χ4n) is 1.76. The van der Waals surface area contributed by atoms with Crippen molar-refractivity contribution >= 4 is 11.6 Å². The number of hydrogen-bond acceptors (Lipinski definition) is 6. The predicted octanol–water partition coefficient (Wildman–Crippen LogP) is 0.663. The van der Waals surface area contributed by atoms with E-state index in [-0.39, 0.29) is 23.2 Å². The lowest BCUT2D eigenvalue weighted by Crippen LogP contribution is -2.27. The number of carbonyl (C=O) groups is 1. The number of H-pyrrole nitrogens is 1. The Morgan fingerprint density at radius 2 is 2.24 bits per heavy atom. The van der Waals surface area contributed by atoms with Crippen molar-refractivity contribution < 1.29 is 4.79 Å². The standard InChI is InChI=1S/C13H19N7O/c1-8(2)12-16-6-9(14)11(19-12)13(21)15-5-3-4-10-17-7-18-20-10/h6-8H,3-5,14H2,1-2H3,(H,15,21)(H,17,18,20). The van der Waals surface area contributed by atoms with Crippen molar-refractivity contribution in [2.24, 2.45) is 0 Å². The van der Waals surface area contributed by atoms with E-state index in [0.717, 1.165) is 18.7 Å². The summed E-state index contributed by atoms with van der Waals surface area (Å²) in [6, 6.07) is 0. The molecular weight excluding hydrogens is 270 g/mol. The largest absolute Gasteiger partial charge is 0.396 e. The number of hydrogen-bond donors (Lipinski definition) is 3. The molecule has 0 aliphatic rings. The van der Waals surface area contributed by atoms with Crippen LogP contribution in [-0.2, 0) is 6.42 Å². The molecule has 0 aromatic carbocycles. The van der Waals surface area contributed by atoms with Gasteiger partial charge in [-0.2, -0.15) is 5.10 Å². The summed E-state index contributed by atoms with van der Waals surface area (Å²) in [6.07, 6.45) is 4.41. The van der Waals surface area contributed by atoms with Crippen molar-refractivity contribution in [3.8, 4) is 0 Å². The topological polar surface area (TPSA) is 122 Å². The number of aromatic nitrogens is 5. The third kappa shape index (κ3) is 3.98. The minimum absolute atomic E-state index is 0.142. The zero-order valence-corrected chi connectivity index (χ0v) is 12.1. The van der Waals surface area contributed by atoms with Crippen LogP contribution < -0.4 is 11.1 Å². The van der Waals surface area contributed by atoms with E-state index in [1.807, 2.05) is 13.8 Å². The first kappa shape index (κ1) is 14.9. The third-order valence-electron chi connectivity index (χ3n) is 2.91. The van der Waals surface area contributed by atoms with Gasteiger partial charge in [0.05, 0.1) is 11.9 Å². The number of anilines is 1. The summed E-state index contributed by atoms with van der Waals surface area (Å²) < 4.78 is 0. The lowest BCUT2D eigenvalue weighted by molar-refractivity contribution is 0.0948. The molecule has 0 spiro atoms. The van der Waals surface area contributed by atoms with Gasteiger partial charge in [-0.25, -0.2) is 15.0 Å². The Morgan fingerprint density at radius 3 is 2.90 bits per heavy atom. The Hall–Kier alpha value is -2.51. The molecule has 0 atom stereocenters. The molecule has 8 nitrogen and oxygen atoms in total. The van der Waals surface area contributed by atoms with E-state index in [2.05, 4.69) is 30.5 Å². The van der Waals surface area contributed by atoms with E-state index in [0.29, 0.717) is 12.4 Å². The molecule has 0 aliphatic heterocycles. The first-order chi connectivity index (χ1) is 10.1. The summed E-state index contributed by atoms with van der Waals surface area (Å²) in [5.41, 5.74) is 6.28. The minimum Gasteiger partial charge on any atom is -0.396 e. The molecule has 1 amide bonds. The third-order valence-corrected chi connectivity index (χ3v) is 2.91. The Labute approximate surface area is 122 Å². The van der Waals surface area contributed by atoms with E-state index in [1.165, 1.54) is 12.5 Å². The number of nitrogens with one attached hydrogen (secondary N) is 2. The average Bonchev–Trinajstić information content (AvgIpc) is 2.96. The van der Waals surface area contributed by atoms with Gasteiger partial charge in [0.2, 0.25) is 0 Å². The van der Waals surface area contributed by atoms with Crippen LogP contribution in [-0.4, -0.2) is 37.6 Å². The number of aromatic amines is 1. The summed E-state index contributed by atoms with van der Waals surface area (Å²) in [4.78, 5) is 24.4. The van der Waals surface area contributed by atoms with Crippen LogP contribution in [0.2, 0.25) is 0 Å². The lowest BCUT2D eigenvalue weighted by Gasteiger charge is -2.09. The van der Waals surface area contributed by atoms with E-state index >= 15 is 0 Å². The molecule has 0 radical (unpaired) electrons. The molecule has 0 saturated heterocycles. The van der Waals surface area contributed by atoms with Crippen molar-refractivity contribution in [2.45, 2.75) is 32.6 Å². The fourth-order valence-corrected chi connectivity index (χ4v) is 1.76. The monoisotopic (exact) mass is 289 g/mol. The summed E-state index contributed by atoms with van der Waals surface area (Å²) in [5, 5.41) is 9.33. The quantitative estimate of drug-likeness (QED) is 0.671.